The van der Waals surface area contributed by atoms with Gasteiger partial charge >= 0.3 is 0 Å². The number of carbonyl (C=O) groups is 2. The number of unbranched alkanes of at least 4 members (excludes halogenated alkanes) is 4. The zero-order valence-electron chi connectivity index (χ0n) is 15.9. The maximum absolute atomic E-state index is 12.4. The number of rotatable bonds is 12. The molecule has 0 atom stereocenters. The SMILES string of the molecule is CCCCCN(CCCCC)CC(=O)Nc1cccc(NC(C)=O)c1. The van der Waals surface area contributed by atoms with E-state index in [9.17, 15) is 9.59 Å². The van der Waals surface area contributed by atoms with Crippen LogP contribution in [0.2, 0.25) is 0 Å². The molecule has 0 saturated carbocycles. The molecule has 0 fully saturated rings. The molecule has 0 radical (unpaired) electrons. The van der Waals surface area contributed by atoms with E-state index in [0.717, 1.165) is 25.9 Å². The van der Waals surface area contributed by atoms with Crippen LogP contribution in [0.4, 0.5) is 11.4 Å². The molecule has 0 heterocycles. The van der Waals surface area contributed by atoms with Crippen LogP contribution < -0.4 is 10.6 Å². The summed E-state index contributed by atoms with van der Waals surface area (Å²) >= 11 is 0. The minimum absolute atomic E-state index is 0.00651. The lowest BCUT2D eigenvalue weighted by atomic mass is 10.2. The first-order valence-electron chi connectivity index (χ1n) is 9.45. The maximum Gasteiger partial charge on any atom is 0.238 e. The third-order valence-electron chi connectivity index (χ3n) is 3.99. The summed E-state index contributed by atoms with van der Waals surface area (Å²) < 4.78 is 0. The van der Waals surface area contributed by atoms with E-state index in [4.69, 9.17) is 0 Å². The number of nitrogens with zero attached hydrogens (tertiary/aromatic N) is 1. The van der Waals surface area contributed by atoms with Gasteiger partial charge in [0.25, 0.3) is 0 Å². The summed E-state index contributed by atoms with van der Waals surface area (Å²) in [5.41, 5.74) is 1.39. The first-order chi connectivity index (χ1) is 12.0. The highest BCUT2D eigenvalue weighted by molar-refractivity contribution is 5.94. The van der Waals surface area contributed by atoms with Gasteiger partial charge in [-0.3, -0.25) is 14.5 Å². The highest BCUT2D eigenvalue weighted by Gasteiger charge is 2.11. The summed E-state index contributed by atoms with van der Waals surface area (Å²) in [6, 6.07) is 7.24. The molecule has 0 bridgehead atoms. The second-order valence-corrected chi connectivity index (χ2v) is 6.50. The molecule has 140 valence electrons. The fourth-order valence-electron chi connectivity index (χ4n) is 2.72. The van der Waals surface area contributed by atoms with Crippen molar-refractivity contribution in [2.45, 2.75) is 59.3 Å². The van der Waals surface area contributed by atoms with E-state index in [1.165, 1.54) is 32.6 Å². The van der Waals surface area contributed by atoms with Crippen molar-refractivity contribution in [3.05, 3.63) is 24.3 Å². The van der Waals surface area contributed by atoms with Crippen molar-refractivity contribution in [1.82, 2.24) is 4.90 Å². The summed E-state index contributed by atoms with van der Waals surface area (Å²) in [6.07, 6.45) is 7.03. The fraction of sp³-hybridized carbons (Fsp3) is 0.600. The minimum atomic E-state index is -0.124. The van der Waals surface area contributed by atoms with Crippen molar-refractivity contribution < 1.29 is 9.59 Å². The Balaban J connectivity index is 2.55. The monoisotopic (exact) mass is 347 g/mol. The van der Waals surface area contributed by atoms with E-state index in [1.807, 2.05) is 12.1 Å². The normalized spacial score (nSPS) is 10.7. The van der Waals surface area contributed by atoms with Crippen LogP contribution in [0.5, 0.6) is 0 Å². The quantitative estimate of drug-likeness (QED) is 0.555. The molecule has 5 heteroatoms. The van der Waals surface area contributed by atoms with Crippen molar-refractivity contribution in [3.8, 4) is 0 Å². The molecule has 0 unspecified atom stereocenters. The van der Waals surface area contributed by atoms with Gasteiger partial charge in [0.2, 0.25) is 11.8 Å². The van der Waals surface area contributed by atoms with E-state index < -0.39 is 0 Å². The molecule has 0 aromatic heterocycles. The van der Waals surface area contributed by atoms with Gasteiger partial charge in [0, 0.05) is 18.3 Å². The molecule has 1 rings (SSSR count). The average Bonchev–Trinajstić information content (AvgIpc) is 2.54. The summed E-state index contributed by atoms with van der Waals surface area (Å²) in [5.74, 6) is -0.130. The Morgan fingerprint density at radius 2 is 1.48 bits per heavy atom. The van der Waals surface area contributed by atoms with Gasteiger partial charge < -0.3 is 10.6 Å². The second kappa shape index (κ2) is 12.5. The van der Waals surface area contributed by atoms with Gasteiger partial charge in [0.15, 0.2) is 0 Å². The highest BCUT2D eigenvalue weighted by atomic mass is 16.2. The van der Waals surface area contributed by atoms with Crippen LogP contribution in [0.3, 0.4) is 0 Å². The molecule has 1 aromatic carbocycles. The standard InChI is InChI=1S/C20H33N3O2/c1-4-6-8-13-23(14-9-7-5-2)16-20(25)22-19-12-10-11-18(15-19)21-17(3)24/h10-12,15H,4-9,13-14,16H2,1-3H3,(H,21,24)(H,22,25). The highest BCUT2D eigenvalue weighted by Crippen LogP contribution is 2.15. The summed E-state index contributed by atoms with van der Waals surface area (Å²) in [5, 5.41) is 5.66. The third kappa shape index (κ3) is 9.87. The summed E-state index contributed by atoms with van der Waals surface area (Å²) in [4.78, 5) is 25.8. The molecule has 0 spiro atoms. The maximum atomic E-state index is 12.4. The van der Waals surface area contributed by atoms with Crippen molar-refractivity contribution in [2.75, 3.05) is 30.3 Å². The van der Waals surface area contributed by atoms with E-state index in [0.29, 0.717) is 17.9 Å². The number of anilines is 2. The first kappa shape index (κ1) is 21.2. The van der Waals surface area contributed by atoms with Gasteiger partial charge in [-0.05, 0) is 44.1 Å². The van der Waals surface area contributed by atoms with Crippen LogP contribution in [0.1, 0.15) is 59.3 Å². The minimum Gasteiger partial charge on any atom is -0.326 e. The van der Waals surface area contributed by atoms with Crippen molar-refractivity contribution in [2.24, 2.45) is 0 Å². The van der Waals surface area contributed by atoms with Gasteiger partial charge in [0.1, 0.15) is 0 Å². The molecule has 5 nitrogen and oxygen atoms in total. The molecule has 0 aliphatic heterocycles. The molecule has 0 aliphatic rings. The van der Waals surface area contributed by atoms with Crippen LogP contribution in [0.15, 0.2) is 24.3 Å². The van der Waals surface area contributed by atoms with Gasteiger partial charge in [-0.2, -0.15) is 0 Å². The van der Waals surface area contributed by atoms with E-state index >= 15 is 0 Å². The molecule has 0 saturated heterocycles. The zero-order valence-corrected chi connectivity index (χ0v) is 15.9. The molecular formula is C20H33N3O2. The smallest absolute Gasteiger partial charge is 0.238 e. The molecule has 0 aliphatic carbocycles. The number of nitrogens with one attached hydrogen (secondary N) is 2. The van der Waals surface area contributed by atoms with Gasteiger partial charge in [-0.1, -0.05) is 45.6 Å². The molecule has 25 heavy (non-hydrogen) atoms. The molecular weight excluding hydrogens is 314 g/mol. The lowest BCUT2D eigenvalue weighted by molar-refractivity contribution is -0.117. The number of carbonyl (C=O) groups excluding carboxylic acids is 2. The van der Waals surface area contributed by atoms with Crippen molar-refractivity contribution in [3.63, 3.8) is 0 Å². The number of hydrogen-bond acceptors (Lipinski definition) is 3. The van der Waals surface area contributed by atoms with E-state index in [2.05, 4.69) is 29.4 Å². The Labute approximate surface area is 152 Å². The zero-order chi connectivity index (χ0) is 18.5. The van der Waals surface area contributed by atoms with Crippen molar-refractivity contribution >= 4 is 23.2 Å². The van der Waals surface area contributed by atoms with E-state index in [-0.39, 0.29) is 11.8 Å². The average molecular weight is 348 g/mol. The predicted molar refractivity (Wildman–Crippen MR) is 105 cm³/mol. The van der Waals surface area contributed by atoms with Crippen LogP contribution in [0, 0.1) is 0 Å². The summed E-state index contributed by atoms with van der Waals surface area (Å²) in [7, 11) is 0. The fourth-order valence-corrected chi connectivity index (χ4v) is 2.72. The largest absolute Gasteiger partial charge is 0.326 e. The summed E-state index contributed by atoms with van der Waals surface area (Å²) in [6.45, 7) is 8.20. The van der Waals surface area contributed by atoms with Crippen molar-refractivity contribution in [1.29, 1.82) is 0 Å². The molecule has 1 aromatic rings. The van der Waals surface area contributed by atoms with E-state index in [1.54, 1.807) is 12.1 Å². The number of benzene rings is 1. The van der Waals surface area contributed by atoms with Crippen LogP contribution in [-0.2, 0) is 9.59 Å². The second-order valence-electron chi connectivity index (χ2n) is 6.50. The van der Waals surface area contributed by atoms with Gasteiger partial charge in [-0.15, -0.1) is 0 Å². The van der Waals surface area contributed by atoms with Gasteiger partial charge in [-0.25, -0.2) is 0 Å². The Kier molecular flexibility index (Phi) is 10.6. The predicted octanol–water partition coefficient (Wildman–Crippen LogP) is 4.27. The van der Waals surface area contributed by atoms with Gasteiger partial charge in [0.05, 0.1) is 6.54 Å². The first-order valence-corrected chi connectivity index (χ1v) is 9.45. The third-order valence-corrected chi connectivity index (χ3v) is 3.99. The Morgan fingerprint density at radius 3 is 2.00 bits per heavy atom. The van der Waals surface area contributed by atoms with Crippen LogP contribution in [-0.4, -0.2) is 36.3 Å². The number of hydrogen-bond donors (Lipinski definition) is 2. The topological polar surface area (TPSA) is 61.4 Å². The van der Waals surface area contributed by atoms with Crippen LogP contribution in [0.25, 0.3) is 0 Å². The Morgan fingerprint density at radius 1 is 0.920 bits per heavy atom. The van der Waals surface area contributed by atoms with Crippen LogP contribution >= 0.6 is 0 Å². The lowest BCUT2D eigenvalue weighted by Crippen LogP contribution is -2.34. The molecule has 2 N–H and O–H groups in total. The Bertz CT molecular complexity index is 521. The number of amides is 2. The Hall–Kier alpha value is -1.88. The molecule has 2 amide bonds. The lowest BCUT2D eigenvalue weighted by Gasteiger charge is -2.21.